The Balaban J connectivity index is 2.92. The van der Waals surface area contributed by atoms with E-state index in [1.165, 1.54) is 19.2 Å². The second-order valence-corrected chi connectivity index (χ2v) is 3.92. The van der Waals surface area contributed by atoms with Gasteiger partial charge >= 0.3 is 5.97 Å². The summed E-state index contributed by atoms with van der Waals surface area (Å²) in [6, 6.07) is 4.36. The third-order valence-electron chi connectivity index (χ3n) is 1.96. The highest BCUT2D eigenvalue weighted by atomic mass is 79.9. The van der Waals surface area contributed by atoms with E-state index in [1.807, 2.05) is 0 Å². The number of carbonyl (C=O) groups excluding carboxylic acids is 1. The molecule has 0 aliphatic heterocycles. The minimum absolute atomic E-state index is 0.177. The molecule has 0 fully saturated rings. The van der Waals surface area contributed by atoms with Gasteiger partial charge in [-0.05, 0) is 24.6 Å². The molecule has 0 amide bonds. The summed E-state index contributed by atoms with van der Waals surface area (Å²) in [6.07, 6.45) is 0. The second-order valence-electron chi connectivity index (χ2n) is 3.01. The fourth-order valence-electron chi connectivity index (χ4n) is 1.19. The van der Waals surface area contributed by atoms with E-state index >= 15 is 0 Å². The van der Waals surface area contributed by atoms with E-state index < -0.39 is 16.6 Å². The summed E-state index contributed by atoms with van der Waals surface area (Å²) in [4.78, 5) is 10.5. The predicted octanol–water partition coefficient (Wildman–Crippen LogP) is 2.83. The molecule has 0 spiro atoms. The molecule has 1 aromatic rings. The smallest absolute Gasteiger partial charge is 0.324 e. The quantitative estimate of drug-likeness (QED) is 0.632. The minimum atomic E-state index is -0.664. The summed E-state index contributed by atoms with van der Waals surface area (Å²) in [6.45, 7) is 2.17. The molecule has 0 saturated heterocycles. The lowest BCUT2D eigenvalue weighted by molar-refractivity contribution is -0.139. The maximum absolute atomic E-state index is 13.5. The minimum Gasteiger partial charge on any atom is -0.491 e. The van der Waals surface area contributed by atoms with Crippen LogP contribution in [0.3, 0.4) is 0 Å². The van der Waals surface area contributed by atoms with Crippen molar-refractivity contribution in [2.75, 3.05) is 13.7 Å². The number of esters is 1. The van der Waals surface area contributed by atoms with Gasteiger partial charge in [-0.15, -0.1) is 0 Å². The zero-order chi connectivity index (χ0) is 12.1. The van der Waals surface area contributed by atoms with Crippen LogP contribution in [-0.2, 0) is 9.53 Å². The third-order valence-corrected chi connectivity index (χ3v) is 2.86. The maximum Gasteiger partial charge on any atom is 0.324 e. The largest absolute Gasteiger partial charge is 0.491 e. The van der Waals surface area contributed by atoms with Crippen LogP contribution in [0.5, 0.6) is 5.75 Å². The van der Waals surface area contributed by atoms with Crippen LogP contribution in [0.15, 0.2) is 18.2 Å². The molecule has 0 heterocycles. The first kappa shape index (κ1) is 13.0. The Hall–Kier alpha value is -1.10. The molecule has 0 radical (unpaired) electrons. The third kappa shape index (κ3) is 2.95. The van der Waals surface area contributed by atoms with Crippen molar-refractivity contribution in [1.29, 1.82) is 0 Å². The van der Waals surface area contributed by atoms with E-state index in [2.05, 4.69) is 20.7 Å². The summed E-state index contributed by atoms with van der Waals surface area (Å²) >= 11 is 3.13. The number of benzene rings is 1. The van der Waals surface area contributed by atoms with Gasteiger partial charge in [0.2, 0.25) is 0 Å². The molecular formula is C11H12BrFO3. The molecule has 0 bridgehead atoms. The monoisotopic (exact) mass is 290 g/mol. The van der Waals surface area contributed by atoms with Crippen LogP contribution in [0, 0.1) is 5.82 Å². The van der Waals surface area contributed by atoms with Crippen LogP contribution in [-0.4, -0.2) is 19.7 Å². The van der Waals surface area contributed by atoms with Crippen molar-refractivity contribution in [1.82, 2.24) is 0 Å². The van der Waals surface area contributed by atoms with E-state index in [-0.39, 0.29) is 5.75 Å². The number of ether oxygens (including phenoxy) is 2. The zero-order valence-electron chi connectivity index (χ0n) is 9.00. The Kier molecular flexibility index (Phi) is 4.73. The van der Waals surface area contributed by atoms with Crippen LogP contribution < -0.4 is 4.74 Å². The average molecular weight is 291 g/mol. The molecule has 16 heavy (non-hydrogen) atoms. The highest BCUT2D eigenvalue weighted by molar-refractivity contribution is 9.09. The predicted molar refractivity (Wildman–Crippen MR) is 61.3 cm³/mol. The first-order valence-electron chi connectivity index (χ1n) is 4.74. The molecule has 1 unspecified atom stereocenters. The van der Waals surface area contributed by atoms with Crippen molar-refractivity contribution in [3.8, 4) is 5.75 Å². The summed E-state index contributed by atoms with van der Waals surface area (Å²) in [5.74, 6) is -0.785. The normalized spacial score (nSPS) is 12.0. The molecule has 1 aromatic carbocycles. The zero-order valence-corrected chi connectivity index (χ0v) is 10.6. The summed E-state index contributed by atoms with van der Waals surface area (Å²) in [7, 11) is 1.28. The van der Waals surface area contributed by atoms with Gasteiger partial charge in [-0.1, -0.05) is 22.0 Å². The number of carbonyl (C=O) groups is 1. The number of hydrogen-bond acceptors (Lipinski definition) is 3. The van der Waals surface area contributed by atoms with Gasteiger partial charge in [0.15, 0.2) is 11.6 Å². The highest BCUT2D eigenvalue weighted by Crippen LogP contribution is 2.28. The van der Waals surface area contributed by atoms with E-state index in [0.29, 0.717) is 12.2 Å². The van der Waals surface area contributed by atoms with Crippen molar-refractivity contribution in [2.24, 2.45) is 0 Å². The SMILES string of the molecule is CCOc1ccc(C(Br)C(=O)OC)cc1F. The van der Waals surface area contributed by atoms with E-state index in [9.17, 15) is 9.18 Å². The molecule has 0 aliphatic carbocycles. The van der Waals surface area contributed by atoms with Crippen molar-refractivity contribution in [3.63, 3.8) is 0 Å². The van der Waals surface area contributed by atoms with Crippen LogP contribution in [0.1, 0.15) is 17.3 Å². The number of methoxy groups -OCH3 is 1. The number of halogens is 2. The van der Waals surface area contributed by atoms with Gasteiger partial charge < -0.3 is 9.47 Å². The van der Waals surface area contributed by atoms with Crippen LogP contribution in [0.2, 0.25) is 0 Å². The van der Waals surface area contributed by atoms with Gasteiger partial charge in [0.05, 0.1) is 13.7 Å². The molecule has 0 aliphatic rings. The van der Waals surface area contributed by atoms with E-state index in [0.717, 1.165) is 0 Å². The molecule has 0 aromatic heterocycles. The molecule has 1 atom stereocenters. The molecule has 0 N–H and O–H groups in total. The second kappa shape index (κ2) is 5.84. The van der Waals surface area contributed by atoms with Gasteiger partial charge in [0, 0.05) is 0 Å². The lowest BCUT2D eigenvalue weighted by atomic mass is 10.1. The summed E-state index contributed by atoms with van der Waals surface area (Å²) in [5, 5.41) is 0. The van der Waals surface area contributed by atoms with Gasteiger partial charge in [0.25, 0.3) is 0 Å². The number of hydrogen-bond donors (Lipinski definition) is 0. The Morgan fingerprint density at radius 3 is 2.75 bits per heavy atom. The Bertz CT molecular complexity index is 381. The highest BCUT2D eigenvalue weighted by Gasteiger charge is 2.19. The molecule has 3 nitrogen and oxygen atoms in total. The molecule has 1 rings (SSSR count). The first-order valence-corrected chi connectivity index (χ1v) is 5.65. The summed E-state index contributed by atoms with van der Waals surface area (Å²) in [5.41, 5.74) is 0.493. The van der Waals surface area contributed by atoms with Crippen molar-refractivity contribution in [3.05, 3.63) is 29.6 Å². The van der Waals surface area contributed by atoms with E-state index in [1.54, 1.807) is 13.0 Å². The fraction of sp³-hybridized carbons (Fsp3) is 0.364. The van der Waals surface area contributed by atoms with Crippen LogP contribution >= 0.6 is 15.9 Å². The summed E-state index contributed by atoms with van der Waals surface area (Å²) < 4.78 is 23.1. The molecule has 5 heteroatoms. The number of rotatable bonds is 4. The Morgan fingerprint density at radius 1 is 1.56 bits per heavy atom. The Morgan fingerprint density at radius 2 is 2.25 bits per heavy atom. The average Bonchev–Trinajstić information content (AvgIpc) is 2.30. The topological polar surface area (TPSA) is 35.5 Å². The van der Waals surface area contributed by atoms with Crippen LogP contribution in [0.25, 0.3) is 0 Å². The molecular weight excluding hydrogens is 279 g/mol. The van der Waals surface area contributed by atoms with Crippen molar-refractivity contribution in [2.45, 2.75) is 11.8 Å². The first-order chi connectivity index (χ1) is 7.60. The standard InChI is InChI=1S/C11H12BrFO3/c1-3-16-9-5-4-7(6-8(9)13)10(12)11(14)15-2/h4-6,10H,3H2,1-2H3. The van der Waals surface area contributed by atoms with Gasteiger partial charge in [0.1, 0.15) is 4.83 Å². The lowest BCUT2D eigenvalue weighted by Crippen LogP contribution is -2.08. The van der Waals surface area contributed by atoms with Gasteiger partial charge in [-0.25, -0.2) is 4.39 Å². The fourth-order valence-corrected chi connectivity index (χ4v) is 1.66. The maximum atomic E-state index is 13.5. The molecule has 0 saturated carbocycles. The van der Waals surface area contributed by atoms with Crippen LogP contribution in [0.4, 0.5) is 4.39 Å². The van der Waals surface area contributed by atoms with Gasteiger partial charge in [-0.2, -0.15) is 0 Å². The Labute approximate surface area is 102 Å². The lowest BCUT2D eigenvalue weighted by Gasteiger charge is -2.10. The van der Waals surface area contributed by atoms with Crippen molar-refractivity contribution < 1.29 is 18.7 Å². The molecule has 88 valence electrons. The number of alkyl halides is 1. The van der Waals surface area contributed by atoms with E-state index in [4.69, 9.17) is 4.74 Å². The van der Waals surface area contributed by atoms with Crippen molar-refractivity contribution >= 4 is 21.9 Å². The van der Waals surface area contributed by atoms with Gasteiger partial charge in [-0.3, -0.25) is 4.79 Å².